The predicted molar refractivity (Wildman–Crippen MR) is 72.1 cm³/mol. The molecule has 1 heterocycles. The van der Waals surface area contributed by atoms with Gasteiger partial charge in [0.1, 0.15) is 0 Å². The third kappa shape index (κ3) is 3.20. The summed E-state index contributed by atoms with van der Waals surface area (Å²) in [5.74, 6) is 0. The lowest BCUT2D eigenvalue weighted by Gasteiger charge is -2.06. The third-order valence-corrected chi connectivity index (χ3v) is 2.21. The fraction of sp³-hybridized carbons (Fsp3) is 0.0833. The monoisotopic (exact) mass is 256 g/mol. The lowest BCUT2D eigenvalue weighted by atomic mass is 10.0. The number of hydrogen-bond donors (Lipinski definition) is 1. The van der Waals surface area contributed by atoms with E-state index in [9.17, 15) is 0 Å². The minimum Gasteiger partial charge on any atom is -0.326 e. The van der Waals surface area contributed by atoms with Crippen LogP contribution in [0.25, 0.3) is 11.1 Å². The first-order valence-electron chi connectivity index (χ1n) is 4.60. The number of rotatable bonds is 2. The maximum Gasteiger partial charge on any atom is 0.0346 e. The van der Waals surface area contributed by atoms with Gasteiger partial charge in [-0.25, -0.2) is 0 Å². The number of hydrogen-bond acceptors (Lipinski definition) is 2. The minimum atomic E-state index is 0. The van der Waals surface area contributed by atoms with Gasteiger partial charge in [-0.15, -0.1) is 24.8 Å². The second kappa shape index (κ2) is 7.23. The predicted octanol–water partition coefficient (Wildman–Crippen LogP) is 3.05. The average Bonchev–Trinajstić information content (AvgIpc) is 2.30. The molecule has 0 radical (unpaired) electrons. The van der Waals surface area contributed by atoms with Crippen LogP contribution in [-0.2, 0) is 6.54 Å². The highest BCUT2D eigenvalue weighted by Crippen LogP contribution is 2.21. The minimum absolute atomic E-state index is 0. The molecule has 2 rings (SSSR count). The van der Waals surface area contributed by atoms with Gasteiger partial charge in [-0.2, -0.15) is 0 Å². The van der Waals surface area contributed by atoms with Crippen LogP contribution in [0, 0.1) is 0 Å². The maximum absolute atomic E-state index is 5.67. The molecule has 0 aliphatic rings. The van der Waals surface area contributed by atoms with Crippen molar-refractivity contribution < 1.29 is 0 Å². The van der Waals surface area contributed by atoms with Crippen molar-refractivity contribution >= 4 is 24.8 Å². The van der Waals surface area contributed by atoms with E-state index < -0.39 is 0 Å². The van der Waals surface area contributed by atoms with E-state index in [1.54, 1.807) is 6.20 Å². The van der Waals surface area contributed by atoms with Crippen molar-refractivity contribution in [1.29, 1.82) is 0 Å². The van der Waals surface area contributed by atoms with Crippen molar-refractivity contribution in [3.8, 4) is 11.1 Å². The SMILES string of the molecule is Cl.Cl.NCc1ccccc1-c1cccnc1. The Hall–Kier alpha value is -1.09. The average molecular weight is 257 g/mol. The second-order valence-corrected chi connectivity index (χ2v) is 3.10. The van der Waals surface area contributed by atoms with E-state index in [4.69, 9.17) is 5.73 Å². The van der Waals surface area contributed by atoms with Gasteiger partial charge in [-0.1, -0.05) is 30.3 Å². The highest BCUT2D eigenvalue weighted by atomic mass is 35.5. The van der Waals surface area contributed by atoms with Crippen LogP contribution in [0.3, 0.4) is 0 Å². The van der Waals surface area contributed by atoms with Gasteiger partial charge in [0.05, 0.1) is 0 Å². The molecule has 0 unspecified atom stereocenters. The third-order valence-electron chi connectivity index (χ3n) is 2.21. The second-order valence-electron chi connectivity index (χ2n) is 3.10. The van der Waals surface area contributed by atoms with Gasteiger partial charge in [0, 0.05) is 24.5 Å². The molecule has 4 heteroatoms. The first kappa shape index (κ1) is 14.9. The molecule has 0 amide bonds. The van der Waals surface area contributed by atoms with E-state index in [-0.39, 0.29) is 24.8 Å². The van der Waals surface area contributed by atoms with Gasteiger partial charge in [-0.3, -0.25) is 4.98 Å². The van der Waals surface area contributed by atoms with E-state index >= 15 is 0 Å². The van der Waals surface area contributed by atoms with Gasteiger partial charge >= 0.3 is 0 Å². The summed E-state index contributed by atoms with van der Waals surface area (Å²) in [5.41, 5.74) is 9.11. The Morgan fingerprint density at radius 1 is 1.00 bits per heavy atom. The van der Waals surface area contributed by atoms with Crippen LogP contribution in [0.2, 0.25) is 0 Å². The Morgan fingerprint density at radius 3 is 2.38 bits per heavy atom. The highest BCUT2D eigenvalue weighted by Gasteiger charge is 2.01. The van der Waals surface area contributed by atoms with Crippen LogP contribution >= 0.6 is 24.8 Å². The number of benzene rings is 1. The number of aromatic nitrogens is 1. The molecule has 0 fully saturated rings. The van der Waals surface area contributed by atoms with Crippen molar-refractivity contribution in [2.24, 2.45) is 5.73 Å². The zero-order valence-electron chi connectivity index (χ0n) is 8.67. The normalized spacial score (nSPS) is 8.81. The fourth-order valence-corrected chi connectivity index (χ4v) is 1.50. The van der Waals surface area contributed by atoms with Crippen LogP contribution in [0.4, 0.5) is 0 Å². The van der Waals surface area contributed by atoms with Crippen LogP contribution in [0.15, 0.2) is 48.8 Å². The molecule has 1 aromatic carbocycles. The topological polar surface area (TPSA) is 38.9 Å². The summed E-state index contributed by atoms with van der Waals surface area (Å²) in [4.78, 5) is 4.10. The molecule has 0 aliphatic heterocycles. The molecular weight excluding hydrogens is 243 g/mol. The highest BCUT2D eigenvalue weighted by molar-refractivity contribution is 5.85. The molecule has 1 aromatic heterocycles. The molecule has 0 bridgehead atoms. The smallest absolute Gasteiger partial charge is 0.0346 e. The van der Waals surface area contributed by atoms with Crippen LogP contribution in [-0.4, -0.2) is 4.98 Å². The fourth-order valence-electron chi connectivity index (χ4n) is 1.50. The van der Waals surface area contributed by atoms with Crippen LogP contribution in [0.1, 0.15) is 5.56 Å². The van der Waals surface area contributed by atoms with E-state index in [2.05, 4.69) is 11.1 Å². The molecular formula is C12H14Cl2N2. The summed E-state index contributed by atoms with van der Waals surface area (Å²) in [6, 6.07) is 12.1. The maximum atomic E-state index is 5.67. The van der Waals surface area contributed by atoms with Crippen molar-refractivity contribution in [3.05, 3.63) is 54.4 Å². The molecule has 2 nitrogen and oxygen atoms in total. The Labute approximate surface area is 108 Å². The number of halogens is 2. The van der Waals surface area contributed by atoms with Crippen molar-refractivity contribution in [2.75, 3.05) is 0 Å². The molecule has 0 aliphatic carbocycles. The first-order valence-corrected chi connectivity index (χ1v) is 4.60. The van der Waals surface area contributed by atoms with Crippen LogP contribution < -0.4 is 5.73 Å². The van der Waals surface area contributed by atoms with Gasteiger partial charge in [0.25, 0.3) is 0 Å². The number of nitrogens with two attached hydrogens (primary N) is 1. The van der Waals surface area contributed by atoms with E-state index in [0.29, 0.717) is 6.54 Å². The van der Waals surface area contributed by atoms with Crippen molar-refractivity contribution in [2.45, 2.75) is 6.54 Å². The first-order chi connectivity index (χ1) is 6.92. The Balaban J connectivity index is 0.00000112. The summed E-state index contributed by atoms with van der Waals surface area (Å²) in [5, 5.41) is 0. The Kier molecular flexibility index (Phi) is 6.74. The standard InChI is InChI=1S/C12H12N2.2ClH/c13-8-10-4-1-2-6-12(10)11-5-3-7-14-9-11;;/h1-7,9H,8,13H2;2*1H. The van der Waals surface area contributed by atoms with E-state index in [0.717, 1.165) is 11.1 Å². The largest absolute Gasteiger partial charge is 0.326 e. The zero-order chi connectivity index (χ0) is 9.80. The lowest BCUT2D eigenvalue weighted by Crippen LogP contribution is -1.98. The molecule has 0 saturated heterocycles. The summed E-state index contributed by atoms with van der Waals surface area (Å²) in [6.45, 7) is 0.561. The Morgan fingerprint density at radius 2 is 1.75 bits per heavy atom. The molecule has 2 aromatic rings. The summed E-state index contributed by atoms with van der Waals surface area (Å²) in [6.07, 6.45) is 3.63. The number of nitrogens with zero attached hydrogens (tertiary/aromatic N) is 1. The molecule has 0 spiro atoms. The van der Waals surface area contributed by atoms with Gasteiger partial charge in [0.2, 0.25) is 0 Å². The van der Waals surface area contributed by atoms with Crippen LogP contribution in [0.5, 0.6) is 0 Å². The van der Waals surface area contributed by atoms with Gasteiger partial charge < -0.3 is 5.73 Å². The Bertz CT molecular complexity index is 418. The summed E-state index contributed by atoms with van der Waals surface area (Å²) in [7, 11) is 0. The van der Waals surface area contributed by atoms with Crippen molar-refractivity contribution in [3.63, 3.8) is 0 Å². The molecule has 86 valence electrons. The van der Waals surface area contributed by atoms with E-state index in [1.165, 1.54) is 5.56 Å². The molecule has 0 saturated carbocycles. The van der Waals surface area contributed by atoms with Crippen molar-refractivity contribution in [1.82, 2.24) is 4.98 Å². The summed E-state index contributed by atoms with van der Waals surface area (Å²) < 4.78 is 0. The van der Waals surface area contributed by atoms with Gasteiger partial charge in [0.15, 0.2) is 0 Å². The molecule has 0 atom stereocenters. The van der Waals surface area contributed by atoms with E-state index in [1.807, 2.05) is 36.5 Å². The quantitative estimate of drug-likeness (QED) is 0.898. The zero-order valence-corrected chi connectivity index (χ0v) is 10.3. The molecule has 16 heavy (non-hydrogen) atoms. The van der Waals surface area contributed by atoms with Gasteiger partial charge in [-0.05, 0) is 17.2 Å². The molecule has 2 N–H and O–H groups in total. The summed E-state index contributed by atoms with van der Waals surface area (Å²) >= 11 is 0. The lowest BCUT2D eigenvalue weighted by molar-refractivity contribution is 1.07. The number of pyridine rings is 1.